The summed E-state index contributed by atoms with van der Waals surface area (Å²) in [6.07, 6.45) is 1.87. The first-order valence-electron chi connectivity index (χ1n) is 4.39. The molecule has 82 valence electrons. The molecule has 0 bridgehead atoms. The van der Waals surface area contributed by atoms with E-state index in [9.17, 15) is 9.59 Å². The molecular weight excluding hydrogens is 190 g/mol. The number of aliphatic carboxylic acids is 2. The van der Waals surface area contributed by atoms with Crippen LogP contribution in [0.25, 0.3) is 0 Å². The van der Waals surface area contributed by atoms with E-state index in [2.05, 4.69) is 0 Å². The summed E-state index contributed by atoms with van der Waals surface area (Å²) in [5, 5.41) is 26.0. The van der Waals surface area contributed by atoms with Gasteiger partial charge in [-0.1, -0.05) is 26.2 Å². The highest BCUT2D eigenvalue weighted by molar-refractivity contribution is 6.02. The Morgan fingerprint density at radius 2 is 1.71 bits per heavy atom. The van der Waals surface area contributed by atoms with E-state index in [-0.39, 0.29) is 6.42 Å². The van der Waals surface area contributed by atoms with Crippen LogP contribution in [0.15, 0.2) is 0 Å². The molecule has 0 amide bonds. The van der Waals surface area contributed by atoms with Crippen molar-refractivity contribution >= 4 is 11.9 Å². The molecule has 0 aromatic rings. The summed E-state index contributed by atoms with van der Waals surface area (Å²) in [6.45, 7) is 1.91. The number of carbonyl (C=O) groups is 2. The second-order valence-corrected chi connectivity index (χ2v) is 3.08. The molecule has 6 nitrogen and oxygen atoms in total. The van der Waals surface area contributed by atoms with Gasteiger partial charge >= 0.3 is 11.9 Å². The van der Waals surface area contributed by atoms with Crippen LogP contribution in [0, 0.1) is 0 Å². The summed E-state index contributed by atoms with van der Waals surface area (Å²) in [6, 6.07) is 0. The second kappa shape index (κ2) is 5.56. The summed E-state index contributed by atoms with van der Waals surface area (Å²) in [5.74, 6) is -3.16. The smallest absolute Gasteiger partial charge is 0.337 e. The maximum atomic E-state index is 10.7. The molecule has 0 fully saturated rings. The zero-order chi connectivity index (χ0) is 11.2. The third-order valence-electron chi connectivity index (χ3n) is 2.08. The van der Waals surface area contributed by atoms with Crippen LogP contribution in [0.2, 0.25) is 0 Å². The van der Waals surface area contributed by atoms with Gasteiger partial charge in [-0.2, -0.15) is 5.48 Å². The predicted molar refractivity (Wildman–Crippen MR) is 47.1 cm³/mol. The molecule has 0 unspecified atom stereocenters. The molecule has 0 aliphatic heterocycles. The van der Waals surface area contributed by atoms with E-state index in [1.54, 1.807) is 0 Å². The van der Waals surface area contributed by atoms with Crippen LogP contribution in [0.1, 0.15) is 32.6 Å². The van der Waals surface area contributed by atoms with Crippen LogP contribution in [0.4, 0.5) is 0 Å². The molecule has 4 N–H and O–H groups in total. The van der Waals surface area contributed by atoms with Crippen LogP contribution < -0.4 is 5.48 Å². The summed E-state index contributed by atoms with van der Waals surface area (Å²) < 4.78 is 0. The van der Waals surface area contributed by atoms with Gasteiger partial charge in [-0.3, -0.25) is 0 Å². The number of carboxylic acids is 2. The lowest BCUT2D eigenvalue weighted by molar-refractivity contribution is -0.166. The Kier molecular flexibility index (Phi) is 5.11. The van der Waals surface area contributed by atoms with E-state index >= 15 is 0 Å². The third-order valence-corrected chi connectivity index (χ3v) is 2.08. The van der Waals surface area contributed by atoms with Crippen LogP contribution >= 0.6 is 0 Å². The SMILES string of the molecule is CCCCCC(NO)(C(=O)O)C(=O)O. The summed E-state index contributed by atoms with van der Waals surface area (Å²) in [7, 11) is 0. The average Bonchev–Trinajstić information content (AvgIpc) is 2.11. The number of rotatable bonds is 7. The van der Waals surface area contributed by atoms with Gasteiger partial charge in [-0.05, 0) is 6.42 Å². The van der Waals surface area contributed by atoms with Crippen molar-refractivity contribution < 1.29 is 25.0 Å². The highest BCUT2D eigenvalue weighted by Crippen LogP contribution is 2.15. The second-order valence-electron chi connectivity index (χ2n) is 3.08. The Labute approximate surface area is 81.5 Å². The molecular formula is C8H15NO5. The van der Waals surface area contributed by atoms with Crippen molar-refractivity contribution in [3.8, 4) is 0 Å². The Morgan fingerprint density at radius 1 is 1.21 bits per heavy atom. The summed E-state index contributed by atoms with van der Waals surface area (Å²) >= 11 is 0. The van der Waals surface area contributed by atoms with Gasteiger partial charge in [0.25, 0.3) is 0 Å². The fraction of sp³-hybridized carbons (Fsp3) is 0.750. The first-order chi connectivity index (χ1) is 6.51. The van der Waals surface area contributed by atoms with E-state index in [1.165, 1.54) is 5.48 Å². The maximum absolute atomic E-state index is 10.7. The Balaban J connectivity index is 4.52. The van der Waals surface area contributed by atoms with Gasteiger partial charge < -0.3 is 15.4 Å². The molecule has 0 rings (SSSR count). The fourth-order valence-corrected chi connectivity index (χ4v) is 1.10. The Hall–Kier alpha value is -1.14. The molecule has 0 aliphatic carbocycles. The lowest BCUT2D eigenvalue weighted by Gasteiger charge is -2.22. The normalized spacial score (nSPS) is 11.3. The van der Waals surface area contributed by atoms with E-state index in [4.69, 9.17) is 15.4 Å². The molecule has 0 saturated heterocycles. The quantitative estimate of drug-likeness (QED) is 0.273. The summed E-state index contributed by atoms with van der Waals surface area (Å²) in [5.41, 5.74) is -0.894. The molecule has 0 spiro atoms. The molecule has 0 atom stereocenters. The van der Waals surface area contributed by atoms with Crippen molar-refractivity contribution in [2.75, 3.05) is 0 Å². The largest absolute Gasteiger partial charge is 0.479 e. The molecule has 6 heteroatoms. The van der Waals surface area contributed by atoms with E-state index in [1.807, 2.05) is 6.92 Å². The Bertz CT molecular complexity index is 202. The third kappa shape index (κ3) is 2.68. The highest BCUT2D eigenvalue weighted by atomic mass is 16.5. The zero-order valence-electron chi connectivity index (χ0n) is 7.99. The van der Waals surface area contributed by atoms with Crippen molar-refractivity contribution in [2.24, 2.45) is 0 Å². The Morgan fingerprint density at radius 3 is 2.00 bits per heavy atom. The van der Waals surface area contributed by atoms with Gasteiger partial charge in [-0.25, -0.2) is 9.59 Å². The highest BCUT2D eigenvalue weighted by Gasteiger charge is 2.45. The van der Waals surface area contributed by atoms with E-state index in [0.717, 1.165) is 12.8 Å². The van der Waals surface area contributed by atoms with Crippen LogP contribution in [0.5, 0.6) is 0 Å². The van der Waals surface area contributed by atoms with Crippen molar-refractivity contribution in [3.63, 3.8) is 0 Å². The van der Waals surface area contributed by atoms with Gasteiger partial charge in [0.05, 0.1) is 0 Å². The van der Waals surface area contributed by atoms with E-state index < -0.39 is 17.5 Å². The predicted octanol–water partition coefficient (Wildman–Crippen LogP) is 0.453. The molecule has 0 aromatic heterocycles. The number of nitrogens with one attached hydrogen (secondary N) is 1. The minimum Gasteiger partial charge on any atom is -0.479 e. The molecule has 0 aromatic carbocycles. The van der Waals surface area contributed by atoms with Crippen LogP contribution in [0.3, 0.4) is 0 Å². The van der Waals surface area contributed by atoms with Gasteiger partial charge in [-0.15, -0.1) is 0 Å². The van der Waals surface area contributed by atoms with Crippen molar-refractivity contribution in [1.29, 1.82) is 0 Å². The standard InChI is InChI=1S/C8H15NO5/c1-2-3-4-5-8(9-14,6(10)11)7(12)13/h9,14H,2-5H2,1H3,(H,10,11)(H,12,13). The minimum absolute atomic E-state index is 0.137. The fourth-order valence-electron chi connectivity index (χ4n) is 1.10. The van der Waals surface area contributed by atoms with Crippen molar-refractivity contribution in [2.45, 2.75) is 38.1 Å². The minimum atomic E-state index is -2.27. The van der Waals surface area contributed by atoms with Gasteiger partial charge in [0.1, 0.15) is 0 Å². The lowest BCUT2D eigenvalue weighted by Crippen LogP contribution is -2.57. The monoisotopic (exact) mass is 205 g/mol. The topological polar surface area (TPSA) is 107 Å². The van der Waals surface area contributed by atoms with Crippen molar-refractivity contribution in [1.82, 2.24) is 5.48 Å². The van der Waals surface area contributed by atoms with Gasteiger partial charge in [0, 0.05) is 0 Å². The molecule has 0 heterocycles. The lowest BCUT2D eigenvalue weighted by atomic mass is 9.93. The number of hydrogen-bond acceptors (Lipinski definition) is 4. The van der Waals surface area contributed by atoms with E-state index in [0.29, 0.717) is 6.42 Å². The first kappa shape index (κ1) is 12.9. The van der Waals surface area contributed by atoms with Gasteiger partial charge in [0.15, 0.2) is 0 Å². The number of hydroxylamine groups is 1. The average molecular weight is 205 g/mol. The maximum Gasteiger partial charge on any atom is 0.337 e. The molecule has 0 saturated carbocycles. The van der Waals surface area contributed by atoms with Crippen LogP contribution in [-0.2, 0) is 9.59 Å². The van der Waals surface area contributed by atoms with Crippen molar-refractivity contribution in [3.05, 3.63) is 0 Å². The van der Waals surface area contributed by atoms with Gasteiger partial charge in [0.2, 0.25) is 5.54 Å². The number of carboxylic acid groups (broad SMARTS) is 2. The molecule has 0 radical (unpaired) electrons. The molecule has 0 aliphatic rings. The van der Waals surface area contributed by atoms with Crippen LogP contribution in [-0.4, -0.2) is 32.9 Å². The zero-order valence-corrected chi connectivity index (χ0v) is 7.99. The number of unbranched alkanes of at least 4 members (excludes halogenated alkanes) is 2. The molecule has 14 heavy (non-hydrogen) atoms. The number of hydrogen-bond donors (Lipinski definition) is 4. The first-order valence-corrected chi connectivity index (χ1v) is 4.39. The summed E-state index contributed by atoms with van der Waals surface area (Å²) in [4.78, 5) is 21.4.